The predicted molar refractivity (Wildman–Crippen MR) is 104 cm³/mol. The maximum absolute atomic E-state index is 13.0. The molecule has 2 N–H and O–H groups in total. The molecule has 0 aliphatic carbocycles. The van der Waals surface area contributed by atoms with Crippen molar-refractivity contribution in [3.05, 3.63) is 59.3 Å². The zero-order chi connectivity index (χ0) is 22.6. The first-order chi connectivity index (χ1) is 14.5. The van der Waals surface area contributed by atoms with Crippen molar-refractivity contribution in [3.63, 3.8) is 0 Å². The number of aromatic nitrogens is 3. The molecule has 0 spiro atoms. The Morgan fingerprint density at radius 2 is 1.71 bits per heavy atom. The number of amides is 1. The van der Waals surface area contributed by atoms with Crippen LogP contribution in [0.4, 0.5) is 13.2 Å². The number of carboxylic acid groups (broad SMARTS) is 1. The Bertz CT molecular complexity index is 1180. The molecule has 0 bridgehead atoms. The Kier molecular flexibility index (Phi) is 4.60. The molecule has 1 aliphatic heterocycles. The second-order valence-electron chi connectivity index (χ2n) is 7.74. The lowest BCUT2D eigenvalue weighted by molar-refractivity contribution is -0.149. The molecule has 0 saturated carbocycles. The fraction of sp³-hybridized carbons (Fsp3) is 0.238. The van der Waals surface area contributed by atoms with Gasteiger partial charge in [-0.05, 0) is 42.7 Å². The van der Waals surface area contributed by atoms with E-state index >= 15 is 0 Å². The lowest BCUT2D eigenvalue weighted by Crippen LogP contribution is -2.44. The minimum absolute atomic E-state index is 0.129. The van der Waals surface area contributed by atoms with Crippen LogP contribution in [0.3, 0.4) is 0 Å². The van der Waals surface area contributed by atoms with E-state index in [-0.39, 0.29) is 17.0 Å². The minimum atomic E-state index is -4.50. The van der Waals surface area contributed by atoms with Gasteiger partial charge in [0.15, 0.2) is 5.69 Å². The third-order valence-electron chi connectivity index (χ3n) is 5.42. The van der Waals surface area contributed by atoms with Crippen molar-refractivity contribution in [2.45, 2.75) is 25.6 Å². The Morgan fingerprint density at radius 1 is 1.10 bits per heavy atom. The first kappa shape index (κ1) is 20.6. The number of rotatable bonds is 4. The number of hydrogen-bond donors (Lipinski definition) is 2. The first-order valence-corrected chi connectivity index (χ1v) is 9.27. The molecule has 2 aromatic carbocycles. The molecule has 4 rings (SSSR count). The van der Waals surface area contributed by atoms with Crippen LogP contribution in [-0.2, 0) is 5.54 Å². The summed E-state index contributed by atoms with van der Waals surface area (Å²) >= 11 is 0. The third-order valence-corrected chi connectivity index (χ3v) is 5.42. The van der Waals surface area contributed by atoms with Gasteiger partial charge in [-0.25, -0.2) is 4.79 Å². The normalized spacial score (nSPS) is 15.3. The number of nitrogens with one attached hydrogen (secondary N) is 1. The molecule has 1 amide bonds. The van der Waals surface area contributed by atoms with Gasteiger partial charge in [-0.2, -0.15) is 13.2 Å². The average Bonchev–Trinajstić information content (AvgIpc) is 3.26. The van der Waals surface area contributed by atoms with Gasteiger partial charge in [0.2, 0.25) is 0 Å². The van der Waals surface area contributed by atoms with Crippen LogP contribution in [0.5, 0.6) is 0 Å². The van der Waals surface area contributed by atoms with E-state index in [1.165, 1.54) is 0 Å². The molecule has 0 fully saturated rings. The molecule has 160 valence electrons. The van der Waals surface area contributed by atoms with Crippen LogP contribution in [0, 0.1) is 0 Å². The number of aromatic carboxylic acids is 1. The van der Waals surface area contributed by atoms with Crippen molar-refractivity contribution < 1.29 is 27.9 Å². The molecule has 2 heterocycles. The Balaban J connectivity index is 1.68. The molecule has 0 atom stereocenters. The summed E-state index contributed by atoms with van der Waals surface area (Å²) in [5.74, 6) is -1.83. The number of carbonyl (C=O) groups is 2. The molecule has 10 heteroatoms. The van der Waals surface area contributed by atoms with E-state index in [0.29, 0.717) is 11.1 Å². The van der Waals surface area contributed by atoms with Gasteiger partial charge in [0.1, 0.15) is 12.2 Å². The molecular weight excluding hydrogens is 413 g/mol. The molecule has 0 saturated heterocycles. The number of aromatic amines is 1. The predicted octanol–water partition coefficient (Wildman–Crippen LogP) is 4.09. The summed E-state index contributed by atoms with van der Waals surface area (Å²) in [6.45, 7) is 1.86. The van der Waals surface area contributed by atoms with E-state index < -0.39 is 30.1 Å². The van der Waals surface area contributed by atoms with Gasteiger partial charge >= 0.3 is 12.1 Å². The summed E-state index contributed by atoms with van der Waals surface area (Å²) in [4.78, 5) is 24.6. The van der Waals surface area contributed by atoms with E-state index in [9.17, 15) is 27.9 Å². The van der Waals surface area contributed by atoms with E-state index in [2.05, 4.69) is 15.4 Å². The number of halogens is 3. The number of H-pyrrole nitrogens is 1. The fourth-order valence-electron chi connectivity index (χ4n) is 3.81. The molecule has 0 unspecified atom stereocenters. The third kappa shape index (κ3) is 3.54. The highest BCUT2D eigenvalue weighted by Crippen LogP contribution is 2.42. The second kappa shape index (κ2) is 6.93. The van der Waals surface area contributed by atoms with Crippen molar-refractivity contribution in [1.82, 2.24) is 20.3 Å². The van der Waals surface area contributed by atoms with Crippen LogP contribution >= 0.6 is 0 Å². The van der Waals surface area contributed by atoms with Gasteiger partial charge in [-0.3, -0.25) is 9.89 Å². The maximum Gasteiger partial charge on any atom is 0.406 e. The molecule has 1 aromatic heterocycles. The van der Waals surface area contributed by atoms with Crippen molar-refractivity contribution in [1.29, 1.82) is 0 Å². The largest absolute Gasteiger partial charge is 0.476 e. The zero-order valence-electron chi connectivity index (χ0n) is 16.5. The van der Waals surface area contributed by atoms with Crippen LogP contribution in [0.25, 0.3) is 22.4 Å². The second-order valence-corrected chi connectivity index (χ2v) is 7.74. The SMILES string of the molecule is CC1(C)c2cc(-c3ccc(-c4nn[nH]c4C(=O)O)cc3)ccc2C(=O)N1CC(F)(F)F. The highest BCUT2D eigenvalue weighted by atomic mass is 19.4. The highest BCUT2D eigenvalue weighted by molar-refractivity contribution is 6.00. The smallest absolute Gasteiger partial charge is 0.406 e. The minimum Gasteiger partial charge on any atom is -0.476 e. The quantitative estimate of drug-likeness (QED) is 0.650. The number of hydrogen-bond acceptors (Lipinski definition) is 4. The van der Waals surface area contributed by atoms with E-state index in [4.69, 9.17) is 0 Å². The van der Waals surface area contributed by atoms with Crippen LogP contribution in [0.15, 0.2) is 42.5 Å². The molecule has 7 nitrogen and oxygen atoms in total. The van der Waals surface area contributed by atoms with Crippen LogP contribution in [0.1, 0.15) is 40.3 Å². The lowest BCUT2D eigenvalue weighted by atomic mass is 9.90. The summed E-state index contributed by atoms with van der Waals surface area (Å²) in [7, 11) is 0. The van der Waals surface area contributed by atoms with Gasteiger partial charge in [-0.1, -0.05) is 35.5 Å². The highest BCUT2D eigenvalue weighted by Gasteiger charge is 2.47. The Morgan fingerprint density at radius 3 is 2.32 bits per heavy atom. The number of benzene rings is 2. The number of carbonyl (C=O) groups excluding carboxylic acids is 1. The Hall–Kier alpha value is -3.69. The molecular formula is C21H17F3N4O3. The number of alkyl halides is 3. The van der Waals surface area contributed by atoms with Crippen molar-refractivity contribution in [3.8, 4) is 22.4 Å². The first-order valence-electron chi connectivity index (χ1n) is 9.27. The van der Waals surface area contributed by atoms with E-state index in [0.717, 1.165) is 16.0 Å². The van der Waals surface area contributed by atoms with Crippen LogP contribution < -0.4 is 0 Å². The monoisotopic (exact) mass is 430 g/mol. The molecule has 1 aliphatic rings. The van der Waals surface area contributed by atoms with Crippen molar-refractivity contribution >= 4 is 11.9 Å². The van der Waals surface area contributed by atoms with Crippen LogP contribution in [-0.4, -0.2) is 50.0 Å². The molecule has 3 aromatic rings. The maximum atomic E-state index is 13.0. The summed E-state index contributed by atoms with van der Waals surface area (Å²) in [6.07, 6.45) is -4.50. The van der Waals surface area contributed by atoms with Gasteiger partial charge < -0.3 is 10.0 Å². The zero-order valence-corrected chi connectivity index (χ0v) is 16.5. The fourth-order valence-corrected chi connectivity index (χ4v) is 3.81. The average molecular weight is 430 g/mol. The summed E-state index contributed by atoms with van der Waals surface area (Å²) in [6, 6.07) is 11.8. The van der Waals surface area contributed by atoms with E-state index in [1.54, 1.807) is 56.3 Å². The number of carboxylic acids is 1. The van der Waals surface area contributed by atoms with Crippen molar-refractivity contribution in [2.24, 2.45) is 0 Å². The number of fused-ring (bicyclic) bond motifs is 1. The number of nitrogens with zero attached hydrogens (tertiary/aromatic N) is 3. The Labute approximate surface area is 174 Å². The molecule has 0 radical (unpaired) electrons. The standard InChI is InChI=1S/C21H17F3N4O3/c1-20(2)15-9-13(7-8-14(15)18(29)28(20)10-21(22,23)24)11-3-5-12(6-4-11)16-17(19(30)31)26-27-25-16/h3-9H,10H2,1-2H3,(H,30,31)(H,25,26,27). The summed E-state index contributed by atoms with van der Waals surface area (Å²) < 4.78 is 38.9. The summed E-state index contributed by atoms with van der Waals surface area (Å²) in [5, 5.41) is 18.8. The topological polar surface area (TPSA) is 99.2 Å². The van der Waals surface area contributed by atoms with E-state index in [1.807, 2.05) is 0 Å². The van der Waals surface area contributed by atoms with Crippen LogP contribution in [0.2, 0.25) is 0 Å². The lowest BCUT2D eigenvalue weighted by Gasteiger charge is -2.33. The van der Waals surface area contributed by atoms with Gasteiger partial charge in [0.25, 0.3) is 5.91 Å². The summed E-state index contributed by atoms with van der Waals surface area (Å²) in [5.41, 5.74) is 1.75. The van der Waals surface area contributed by atoms with Gasteiger partial charge in [0.05, 0.1) is 5.54 Å². The van der Waals surface area contributed by atoms with Gasteiger partial charge in [-0.15, -0.1) is 5.10 Å². The molecule has 31 heavy (non-hydrogen) atoms. The van der Waals surface area contributed by atoms with Crippen molar-refractivity contribution in [2.75, 3.05) is 6.54 Å². The van der Waals surface area contributed by atoms with Gasteiger partial charge in [0, 0.05) is 11.1 Å².